The van der Waals surface area contributed by atoms with Crippen LogP contribution < -0.4 is 0 Å². The molecule has 0 spiro atoms. The molecular weight excluding hydrogens is 217 g/mol. The molecule has 1 aromatic rings. The van der Waals surface area contributed by atoms with Gasteiger partial charge in [-0.25, -0.2) is 0 Å². The second-order valence-corrected chi connectivity index (χ2v) is 4.35. The van der Waals surface area contributed by atoms with Crippen LogP contribution in [0.5, 0.6) is 0 Å². The van der Waals surface area contributed by atoms with Crippen LogP contribution in [0.4, 0.5) is 13.2 Å². The summed E-state index contributed by atoms with van der Waals surface area (Å²) in [5, 5.41) is 9.85. The van der Waals surface area contributed by atoms with Crippen LogP contribution in [0, 0.1) is 12.8 Å². The molecule has 0 radical (unpaired) electrons. The van der Waals surface area contributed by atoms with Crippen molar-refractivity contribution in [2.45, 2.75) is 32.0 Å². The molecule has 0 heterocycles. The number of hydrogen-bond donors (Lipinski definition) is 1. The molecule has 1 aliphatic rings. The van der Waals surface area contributed by atoms with Gasteiger partial charge >= 0.3 is 6.18 Å². The second-order valence-electron chi connectivity index (χ2n) is 4.35. The van der Waals surface area contributed by atoms with E-state index >= 15 is 0 Å². The van der Waals surface area contributed by atoms with Gasteiger partial charge in [0.1, 0.15) is 0 Å². The number of alkyl halides is 3. The maximum Gasteiger partial charge on any atom is 0.416 e. The van der Waals surface area contributed by atoms with Crippen LogP contribution in [0.25, 0.3) is 0 Å². The van der Waals surface area contributed by atoms with Crippen molar-refractivity contribution >= 4 is 0 Å². The van der Waals surface area contributed by atoms with Crippen molar-refractivity contribution in [3.8, 4) is 0 Å². The van der Waals surface area contributed by atoms with E-state index in [-0.39, 0.29) is 5.92 Å². The van der Waals surface area contributed by atoms with Gasteiger partial charge < -0.3 is 5.11 Å². The summed E-state index contributed by atoms with van der Waals surface area (Å²) in [7, 11) is 0. The third kappa shape index (κ3) is 2.21. The summed E-state index contributed by atoms with van der Waals surface area (Å²) in [6.45, 7) is 1.61. The van der Waals surface area contributed by atoms with Gasteiger partial charge in [-0.2, -0.15) is 13.2 Å². The van der Waals surface area contributed by atoms with E-state index in [4.69, 9.17) is 0 Å². The van der Waals surface area contributed by atoms with Crippen LogP contribution in [0.2, 0.25) is 0 Å². The summed E-state index contributed by atoms with van der Waals surface area (Å²) in [5.41, 5.74) is 0.474. The molecule has 1 saturated carbocycles. The predicted octanol–water partition coefficient (Wildman–Crippen LogP) is 3.46. The van der Waals surface area contributed by atoms with Crippen molar-refractivity contribution in [3.63, 3.8) is 0 Å². The SMILES string of the molecule is Cc1cc(C(F)(F)F)ccc1C(O)C1CC1. The molecule has 0 bridgehead atoms. The lowest BCUT2D eigenvalue weighted by atomic mass is 9.98. The zero-order valence-corrected chi connectivity index (χ0v) is 8.88. The molecule has 1 fully saturated rings. The quantitative estimate of drug-likeness (QED) is 0.824. The molecule has 1 N–H and O–H groups in total. The van der Waals surface area contributed by atoms with Gasteiger partial charge in [-0.15, -0.1) is 0 Å². The molecule has 0 amide bonds. The Morgan fingerprint density at radius 1 is 1.31 bits per heavy atom. The van der Waals surface area contributed by atoms with Crippen LogP contribution in [0.1, 0.15) is 35.6 Å². The fourth-order valence-corrected chi connectivity index (χ4v) is 1.85. The highest BCUT2D eigenvalue weighted by Crippen LogP contribution is 2.42. The first-order chi connectivity index (χ1) is 7.39. The normalized spacial score (nSPS) is 18.6. The maximum absolute atomic E-state index is 12.4. The van der Waals surface area contributed by atoms with Gasteiger partial charge in [-0.3, -0.25) is 0 Å². The van der Waals surface area contributed by atoms with Crippen molar-refractivity contribution in [2.24, 2.45) is 5.92 Å². The van der Waals surface area contributed by atoms with Crippen LogP contribution in [-0.4, -0.2) is 5.11 Å². The Bertz CT molecular complexity index is 394. The first-order valence-corrected chi connectivity index (χ1v) is 5.25. The molecule has 2 rings (SSSR count). The van der Waals surface area contributed by atoms with Crippen molar-refractivity contribution in [3.05, 3.63) is 34.9 Å². The van der Waals surface area contributed by atoms with Gasteiger partial charge in [0, 0.05) is 0 Å². The Kier molecular flexibility index (Phi) is 2.70. The highest BCUT2D eigenvalue weighted by atomic mass is 19.4. The predicted molar refractivity (Wildman–Crippen MR) is 53.9 cm³/mol. The largest absolute Gasteiger partial charge is 0.416 e. The first-order valence-electron chi connectivity index (χ1n) is 5.25. The fraction of sp³-hybridized carbons (Fsp3) is 0.500. The summed E-state index contributed by atoms with van der Waals surface area (Å²) in [6.07, 6.45) is -3.00. The number of rotatable bonds is 2. The topological polar surface area (TPSA) is 20.2 Å². The highest BCUT2D eigenvalue weighted by Gasteiger charge is 2.34. The molecule has 4 heteroatoms. The lowest BCUT2D eigenvalue weighted by molar-refractivity contribution is -0.137. The van der Waals surface area contributed by atoms with Gasteiger partial charge in [-0.05, 0) is 48.9 Å². The molecule has 0 aliphatic heterocycles. The Labute approximate surface area is 91.9 Å². The van der Waals surface area contributed by atoms with Gasteiger partial charge in [0.15, 0.2) is 0 Å². The van der Waals surface area contributed by atoms with E-state index in [0.717, 1.165) is 25.0 Å². The minimum atomic E-state index is -4.31. The molecule has 1 unspecified atom stereocenters. The van der Waals surface area contributed by atoms with E-state index in [1.165, 1.54) is 6.07 Å². The monoisotopic (exact) mass is 230 g/mol. The Balaban J connectivity index is 2.29. The summed E-state index contributed by atoms with van der Waals surface area (Å²) in [4.78, 5) is 0. The van der Waals surface area contributed by atoms with E-state index in [9.17, 15) is 18.3 Å². The average molecular weight is 230 g/mol. The first kappa shape index (κ1) is 11.5. The van der Waals surface area contributed by atoms with Crippen molar-refractivity contribution in [1.82, 2.24) is 0 Å². The van der Waals surface area contributed by atoms with Gasteiger partial charge in [-0.1, -0.05) is 6.07 Å². The number of aryl methyl sites for hydroxylation is 1. The molecule has 0 saturated heterocycles. The zero-order valence-electron chi connectivity index (χ0n) is 8.88. The number of aliphatic hydroxyl groups excluding tert-OH is 1. The standard InChI is InChI=1S/C12H13F3O/c1-7-6-9(12(13,14)15)4-5-10(7)11(16)8-2-3-8/h4-6,8,11,16H,2-3H2,1H3. The lowest BCUT2D eigenvalue weighted by Gasteiger charge is -2.15. The van der Waals surface area contributed by atoms with Crippen LogP contribution in [-0.2, 0) is 6.18 Å². The smallest absolute Gasteiger partial charge is 0.388 e. The third-order valence-corrected chi connectivity index (χ3v) is 2.98. The molecular formula is C12H13F3O. The van der Waals surface area contributed by atoms with E-state index in [2.05, 4.69) is 0 Å². The van der Waals surface area contributed by atoms with E-state index in [1.807, 2.05) is 0 Å². The summed E-state index contributed by atoms with van der Waals surface area (Å²) >= 11 is 0. The van der Waals surface area contributed by atoms with Gasteiger partial charge in [0.2, 0.25) is 0 Å². The van der Waals surface area contributed by atoms with Crippen LogP contribution in [0.3, 0.4) is 0 Å². The molecule has 1 aliphatic carbocycles. The van der Waals surface area contributed by atoms with Gasteiger partial charge in [0.05, 0.1) is 11.7 Å². The Morgan fingerprint density at radius 3 is 2.38 bits per heavy atom. The zero-order chi connectivity index (χ0) is 11.9. The van der Waals surface area contributed by atoms with Crippen LogP contribution >= 0.6 is 0 Å². The highest BCUT2D eigenvalue weighted by molar-refractivity contribution is 5.34. The minimum Gasteiger partial charge on any atom is -0.388 e. The van der Waals surface area contributed by atoms with Crippen LogP contribution in [0.15, 0.2) is 18.2 Å². The summed E-state index contributed by atoms with van der Waals surface area (Å²) in [5.74, 6) is 0.232. The second kappa shape index (κ2) is 3.77. The van der Waals surface area contributed by atoms with E-state index in [1.54, 1.807) is 6.92 Å². The number of benzene rings is 1. The maximum atomic E-state index is 12.4. The molecule has 1 nitrogen and oxygen atoms in total. The summed E-state index contributed by atoms with van der Waals surface area (Å²) < 4.78 is 37.2. The minimum absolute atomic E-state index is 0.232. The Hall–Kier alpha value is -1.03. The van der Waals surface area contributed by atoms with Crippen molar-refractivity contribution in [2.75, 3.05) is 0 Å². The molecule has 88 valence electrons. The average Bonchev–Trinajstić information content (AvgIpc) is 2.98. The fourth-order valence-electron chi connectivity index (χ4n) is 1.85. The number of aliphatic hydroxyl groups is 1. The number of halogens is 3. The third-order valence-electron chi connectivity index (χ3n) is 2.98. The molecule has 0 aromatic heterocycles. The van der Waals surface area contributed by atoms with E-state index < -0.39 is 17.8 Å². The van der Waals surface area contributed by atoms with Crippen molar-refractivity contribution < 1.29 is 18.3 Å². The lowest BCUT2D eigenvalue weighted by Crippen LogP contribution is -2.08. The van der Waals surface area contributed by atoms with E-state index in [0.29, 0.717) is 11.1 Å². The number of hydrogen-bond acceptors (Lipinski definition) is 1. The molecule has 16 heavy (non-hydrogen) atoms. The van der Waals surface area contributed by atoms with Crippen molar-refractivity contribution in [1.29, 1.82) is 0 Å². The molecule has 1 atom stereocenters. The van der Waals surface area contributed by atoms with Gasteiger partial charge in [0.25, 0.3) is 0 Å². The summed E-state index contributed by atoms with van der Waals surface area (Å²) in [6, 6.07) is 3.52. The molecule has 1 aromatic carbocycles. The Morgan fingerprint density at radius 2 is 1.94 bits per heavy atom.